The van der Waals surface area contributed by atoms with E-state index in [1.54, 1.807) is 11.3 Å². The zero-order valence-corrected chi connectivity index (χ0v) is 19.2. The first kappa shape index (κ1) is 21.8. The number of nitrogens with zero attached hydrogens (tertiary/aromatic N) is 3. The summed E-state index contributed by atoms with van der Waals surface area (Å²) in [7, 11) is 0. The minimum Gasteiger partial charge on any atom is -0.396 e. The van der Waals surface area contributed by atoms with E-state index in [-0.39, 0.29) is 18.6 Å². The van der Waals surface area contributed by atoms with Gasteiger partial charge in [-0.05, 0) is 50.9 Å². The fourth-order valence-electron chi connectivity index (χ4n) is 4.53. The van der Waals surface area contributed by atoms with Gasteiger partial charge in [-0.15, -0.1) is 11.3 Å². The third-order valence-electron chi connectivity index (χ3n) is 6.28. The van der Waals surface area contributed by atoms with Gasteiger partial charge in [0.1, 0.15) is 16.0 Å². The molecular formula is C22H27ClN6O2S. The number of fused-ring (bicyclic) bond motifs is 1. The average Bonchev–Trinajstić information content (AvgIpc) is 3.36. The Kier molecular flexibility index (Phi) is 6.43. The SMILES string of the molecule is OC[C@H]1C[C@@H](Nc2nc(NC3CCNCC3)nc(Cl)c2-c2nc3ccccc3s2)C[C@@H]1O. The molecule has 5 rings (SSSR count). The molecule has 2 aromatic heterocycles. The number of halogens is 1. The third-order valence-corrected chi connectivity index (χ3v) is 7.61. The van der Waals surface area contributed by atoms with Crippen LogP contribution in [0.1, 0.15) is 25.7 Å². The molecule has 1 aliphatic heterocycles. The highest BCUT2D eigenvalue weighted by atomic mass is 35.5. The van der Waals surface area contributed by atoms with Crippen molar-refractivity contribution in [3.05, 3.63) is 29.4 Å². The predicted molar refractivity (Wildman–Crippen MR) is 128 cm³/mol. The molecule has 0 unspecified atom stereocenters. The van der Waals surface area contributed by atoms with Gasteiger partial charge in [0.25, 0.3) is 0 Å². The number of aromatic nitrogens is 3. The van der Waals surface area contributed by atoms with Crippen molar-refractivity contribution < 1.29 is 10.2 Å². The van der Waals surface area contributed by atoms with Gasteiger partial charge >= 0.3 is 0 Å². The number of thiazole rings is 1. The maximum Gasteiger partial charge on any atom is 0.226 e. The molecule has 3 aromatic rings. The number of hydrogen-bond donors (Lipinski definition) is 5. The van der Waals surface area contributed by atoms with Gasteiger partial charge in [-0.1, -0.05) is 23.7 Å². The van der Waals surface area contributed by atoms with Crippen LogP contribution in [-0.4, -0.2) is 63.0 Å². The molecule has 3 heterocycles. The standard InChI is InChI=1S/C22H27ClN6O2S/c23-19-18(21-27-15-3-1-2-4-17(15)32-21)20(25-14-9-12(11-30)16(31)10-14)29-22(28-19)26-13-5-7-24-8-6-13/h1-4,12-14,16,24,30-31H,5-11H2,(H2,25,26,28,29)/t12-,14-,16+/m1/s1. The topological polar surface area (TPSA) is 115 Å². The highest BCUT2D eigenvalue weighted by molar-refractivity contribution is 7.21. The molecule has 1 saturated heterocycles. The van der Waals surface area contributed by atoms with Crippen LogP contribution in [-0.2, 0) is 0 Å². The van der Waals surface area contributed by atoms with Gasteiger partial charge in [-0.3, -0.25) is 0 Å². The Bertz CT molecular complexity index is 1060. The Labute approximate surface area is 195 Å². The molecule has 2 aliphatic rings. The Balaban J connectivity index is 1.50. The zero-order valence-electron chi connectivity index (χ0n) is 17.6. The van der Waals surface area contributed by atoms with Crippen molar-refractivity contribution in [1.29, 1.82) is 0 Å². The van der Waals surface area contributed by atoms with E-state index in [1.807, 2.05) is 24.3 Å². The third kappa shape index (κ3) is 4.53. The molecule has 0 radical (unpaired) electrons. The average molecular weight is 475 g/mol. The molecule has 0 bridgehead atoms. The van der Waals surface area contributed by atoms with Crippen molar-refractivity contribution >= 4 is 44.9 Å². The van der Waals surface area contributed by atoms with Gasteiger partial charge in [0.2, 0.25) is 5.95 Å². The van der Waals surface area contributed by atoms with Gasteiger partial charge in [0, 0.05) is 24.6 Å². The molecule has 32 heavy (non-hydrogen) atoms. The number of aliphatic hydroxyl groups excluding tert-OH is 2. The van der Waals surface area contributed by atoms with Crippen LogP contribution < -0.4 is 16.0 Å². The number of aliphatic hydroxyl groups is 2. The van der Waals surface area contributed by atoms with Crippen molar-refractivity contribution in [3.8, 4) is 10.6 Å². The van der Waals surface area contributed by atoms with Gasteiger partial charge in [0.15, 0.2) is 0 Å². The largest absolute Gasteiger partial charge is 0.396 e. The van der Waals surface area contributed by atoms with E-state index >= 15 is 0 Å². The monoisotopic (exact) mass is 474 g/mol. The van der Waals surface area contributed by atoms with E-state index in [1.165, 1.54) is 0 Å². The first-order valence-corrected chi connectivity index (χ1v) is 12.3. The summed E-state index contributed by atoms with van der Waals surface area (Å²) in [6.45, 7) is 1.89. The van der Waals surface area contributed by atoms with Crippen LogP contribution in [0.4, 0.5) is 11.8 Å². The Morgan fingerprint density at radius 1 is 1.06 bits per heavy atom. The van der Waals surface area contributed by atoms with Crippen molar-refractivity contribution in [2.45, 2.75) is 43.9 Å². The van der Waals surface area contributed by atoms with Crippen molar-refractivity contribution in [1.82, 2.24) is 20.3 Å². The first-order chi connectivity index (χ1) is 15.6. The summed E-state index contributed by atoms with van der Waals surface area (Å²) in [4.78, 5) is 14.1. The number of para-hydroxylation sites is 1. The second-order valence-corrected chi connectivity index (χ2v) is 9.93. The number of anilines is 2. The predicted octanol–water partition coefficient (Wildman–Crippen LogP) is 3.11. The van der Waals surface area contributed by atoms with Crippen molar-refractivity contribution in [2.75, 3.05) is 30.3 Å². The highest BCUT2D eigenvalue weighted by Gasteiger charge is 2.33. The lowest BCUT2D eigenvalue weighted by Gasteiger charge is -2.24. The Morgan fingerprint density at radius 3 is 2.62 bits per heavy atom. The maximum atomic E-state index is 10.3. The van der Waals surface area contributed by atoms with E-state index in [0.717, 1.165) is 41.2 Å². The van der Waals surface area contributed by atoms with Gasteiger partial charge in [-0.2, -0.15) is 4.98 Å². The lowest BCUT2D eigenvalue weighted by molar-refractivity contribution is 0.0908. The fraction of sp³-hybridized carbons (Fsp3) is 0.500. The molecule has 3 atom stereocenters. The van der Waals surface area contributed by atoms with Crippen molar-refractivity contribution in [3.63, 3.8) is 0 Å². The molecule has 1 aliphatic carbocycles. The molecular weight excluding hydrogens is 448 g/mol. The maximum absolute atomic E-state index is 10.3. The molecule has 1 saturated carbocycles. The number of piperidine rings is 1. The lowest BCUT2D eigenvalue weighted by atomic mass is 10.1. The summed E-state index contributed by atoms with van der Waals surface area (Å²) in [5, 5.41) is 31.2. The number of rotatable bonds is 6. The number of hydrogen-bond acceptors (Lipinski definition) is 9. The normalized spacial score (nSPS) is 24.2. The zero-order chi connectivity index (χ0) is 22.1. The van der Waals surface area contributed by atoms with Crippen molar-refractivity contribution in [2.24, 2.45) is 5.92 Å². The Hall–Kier alpha value is -2.04. The van der Waals surface area contributed by atoms with E-state index in [2.05, 4.69) is 20.9 Å². The molecule has 0 spiro atoms. The lowest BCUT2D eigenvalue weighted by Crippen LogP contribution is -2.35. The van der Waals surface area contributed by atoms with Gasteiger partial charge in [0.05, 0.1) is 21.9 Å². The van der Waals surface area contributed by atoms with Crippen LogP contribution in [0.5, 0.6) is 0 Å². The van der Waals surface area contributed by atoms with Gasteiger partial charge in [-0.25, -0.2) is 9.97 Å². The van der Waals surface area contributed by atoms with Crippen LogP contribution in [0, 0.1) is 5.92 Å². The molecule has 8 nitrogen and oxygen atoms in total. The van der Waals surface area contributed by atoms with Crippen LogP contribution in [0.25, 0.3) is 20.8 Å². The summed E-state index contributed by atoms with van der Waals surface area (Å²) in [5.41, 5.74) is 1.58. The van der Waals surface area contributed by atoms with Crippen LogP contribution in [0.3, 0.4) is 0 Å². The number of benzene rings is 1. The molecule has 0 amide bonds. The Morgan fingerprint density at radius 2 is 1.88 bits per heavy atom. The van der Waals surface area contributed by atoms with Crippen LogP contribution >= 0.6 is 22.9 Å². The van der Waals surface area contributed by atoms with Crippen LogP contribution in [0.2, 0.25) is 5.15 Å². The summed E-state index contributed by atoms with van der Waals surface area (Å²) in [5.74, 6) is 0.964. The first-order valence-electron chi connectivity index (χ1n) is 11.1. The van der Waals surface area contributed by atoms with E-state index < -0.39 is 6.10 Å². The molecule has 170 valence electrons. The van der Waals surface area contributed by atoms with E-state index in [0.29, 0.717) is 41.4 Å². The minimum absolute atomic E-state index is 0.0204. The number of nitrogens with one attached hydrogen (secondary N) is 3. The molecule has 5 N–H and O–H groups in total. The molecule has 2 fully saturated rings. The van der Waals surface area contributed by atoms with E-state index in [9.17, 15) is 10.2 Å². The summed E-state index contributed by atoms with van der Waals surface area (Å²) in [6, 6.07) is 8.23. The summed E-state index contributed by atoms with van der Waals surface area (Å²) >= 11 is 8.27. The second-order valence-electron chi connectivity index (χ2n) is 8.54. The fourth-order valence-corrected chi connectivity index (χ4v) is 5.86. The minimum atomic E-state index is -0.534. The molecule has 10 heteroatoms. The summed E-state index contributed by atoms with van der Waals surface area (Å²) < 4.78 is 1.07. The second kappa shape index (κ2) is 9.44. The quantitative estimate of drug-likeness (QED) is 0.346. The van der Waals surface area contributed by atoms with Gasteiger partial charge < -0.3 is 26.2 Å². The summed E-state index contributed by atoms with van der Waals surface area (Å²) in [6.07, 6.45) is 2.67. The molecule has 1 aromatic carbocycles. The highest BCUT2D eigenvalue weighted by Crippen LogP contribution is 2.40. The van der Waals surface area contributed by atoms with E-state index in [4.69, 9.17) is 21.6 Å². The smallest absolute Gasteiger partial charge is 0.226 e. The van der Waals surface area contributed by atoms with Crippen LogP contribution in [0.15, 0.2) is 24.3 Å².